The van der Waals surface area contributed by atoms with Gasteiger partial charge in [0.1, 0.15) is 55.9 Å². The van der Waals surface area contributed by atoms with Crippen molar-refractivity contribution in [3.63, 3.8) is 0 Å². The molecule has 24 heteroatoms. The van der Waals surface area contributed by atoms with Crippen molar-refractivity contribution >= 4 is 47.5 Å². The van der Waals surface area contributed by atoms with Crippen LogP contribution in [0.25, 0.3) is 11.1 Å². The second-order valence-corrected chi connectivity index (χ2v) is 16.9. The maximum atomic E-state index is 13.9. The Bertz CT molecular complexity index is 2310. The van der Waals surface area contributed by atoms with Crippen molar-refractivity contribution in [2.75, 3.05) is 52.7 Å². The lowest BCUT2D eigenvalue weighted by Crippen LogP contribution is -2.60. The molecular formula is C47H58FN7O16. The zero-order valence-electron chi connectivity index (χ0n) is 38.5. The molecule has 1 unspecified atom stereocenters. The van der Waals surface area contributed by atoms with E-state index < -0.39 is 142 Å². The Kier molecular flexibility index (Phi) is 20.2. The number of carbonyl (C=O) groups is 8. The summed E-state index contributed by atoms with van der Waals surface area (Å²) >= 11 is 0. The Balaban J connectivity index is 1.14. The normalized spacial score (nSPS) is 19.8. The van der Waals surface area contributed by atoms with Gasteiger partial charge in [0.25, 0.3) is 0 Å². The summed E-state index contributed by atoms with van der Waals surface area (Å²) in [5.74, 6) is -6.97. The molecule has 3 aromatic carbocycles. The minimum atomic E-state index is -2.69. The van der Waals surface area contributed by atoms with E-state index in [0.717, 1.165) is 29.2 Å². The number of amides is 7. The molecule has 1 heterocycles. The highest BCUT2D eigenvalue weighted by Crippen LogP contribution is 2.44. The zero-order chi connectivity index (χ0) is 51.7. The third-order valence-electron chi connectivity index (χ3n) is 11.5. The first-order chi connectivity index (χ1) is 33.9. The zero-order valence-corrected chi connectivity index (χ0v) is 38.5. The summed E-state index contributed by atoms with van der Waals surface area (Å²) in [4.78, 5) is 102. The van der Waals surface area contributed by atoms with Crippen LogP contribution in [0.2, 0.25) is 0 Å². The molecule has 5 rings (SSSR count). The van der Waals surface area contributed by atoms with Crippen LogP contribution in [0.5, 0.6) is 0 Å². The van der Waals surface area contributed by atoms with Crippen LogP contribution < -0.4 is 37.2 Å². The number of rotatable bonds is 25. The lowest BCUT2D eigenvalue weighted by Gasteiger charge is -2.40. The molecule has 0 spiro atoms. The largest absolute Gasteiger partial charge is 0.479 e. The fourth-order valence-corrected chi connectivity index (χ4v) is 7.60. The molecule has 0 bridgehead atoms. The number of carboxylic acid groups (broad SMARTS) is 1. The fraction of sp³-hybridized carbons (Fsp3) is 0.447. The van der Waals surface area contributed by atoms with Gasteiger partial charge < -0.3 is 77.0 Å². The van der Waals surface area contributed by atoms with Gasteiger partial charge >= 0.3 is 12.1 Å². The number of alkyl carbamates (subject to hydrolysis) is 1. The van der Waals surface area contributed by atoms with E-state index in [2.05, 4.69) is 37.2 Å². The third-order valence-corrected chi connectivity index (χ3v) is 11.5. The van der Waals surface area contributed by atoms with Crippen LogP contribution in [0.4, 0.5) is 9.18 Å². The SMILES string of the molecule is CC(F)(COCNC(=O)CNC(=O)[C@H](Cc1ccccc1)NC(=O)CNC(=O)CNC(=O)[C@H](CCC(=O)NC[C@@H]1O[C@H](CO)[C@@H](O)[C@H](O)[C@H]1O)NC(=O)OCC1c2ccccc2-c2ccccc21)C(=O)O. The van der Waals surface area contributed by atoms with E-state index in [0.29, 0.717) is 5.56 Å². The maximum absolute atomic E-state index is 13.9. The van der Waals surface area contributed by atoms with Crippen molar-refractivity contribution in [2.24, 2.45) is 0 Å². The van der Waals surface area contributed by atoms with Crippen LogP contribution in [-0.2, 0) is 54.2 Å². The number of carboxylic acids is 1. The topological polar surface area (TPSA) is 350 Å². The second kappa shape index (κ2) is 26.2. The van der Waals surface area contributed by atoms with E-state index in [4.69, 9.17) is 19.3 Å². The molecule has 1 aliphatic heterocycles. The summed E-state index contributed by atoms with van der Waals surface area (Å²) in [6.07, 6.45) is -9.14. The van der Waals surface area contributed by atoms with Crippen LogP contribution >= 0.6 is 0 Å². The highest BCUT2D eigenvalue weighted by atomic mass is 19.1. The number of aliphatic carboxylic acids is 1. The molecule has 1 aliphatic carbocycles. The quantitative estimate of drug-likeness (QED) is 0.0311. The lowest BCUT2D eigenvalue weighted by atomic mass is 9.95. The molecule has 1 saturated heterocycles. The van der Waals surface area contributed by atoms with Crippen LogP contribution in [-0.4, -0.2) is 174 Å². The number of aliphatic hydroxyl groups excluding tert-OH is 4. The van der Waals surface area contributed by atoms with E-state index in [1.807, 2.05) is 48.5 Å². The molecule has 8 atom stereocenters. The molecule has 0 radical (unpaired) electrons. The number of fused-ring (bicyclic) bond motifs is 3. The highest BCUT2D eigenvalue weighted by molar-refractivity contribution is 5.94. The third kappa shape index (κ3) is 16.0. The van der Waals surface area contributed by atoms with E-state index in [1.54, 1.807) is 30.3 Å². The average Bonchev–Trinajstić information content (AvgIpc) is 3.68. The minimum Gasteiger partial charge on any atom is -0.479 e. The predicted octanol–water partition coefficient (Wildman–Crippen LogP) is -2.39. The summed E-state index contributed by atoms with van der Waals surface area (Å²) in [5, 5.41) is 65.5. The molecular weight excluding hydrogens is 938 g/mol. The van der Waals surface area contributed by atoms with Crippen molar-refractivity contribution in [1.29, 1.82) is 0 Å². The number of carbonyl (C=O) groups excluding carboxylic acids is 7. The first-order valence-electron chi connectivity index (χ1n) is 22.5. The summed E-state index contributed by atoms with van der Waals surface area (Å²) in [7, 11) is 0. The van der Waals surface area contributed by atoms with E-state index in [1.165, 1.54) is 0 Å². The second-order valence-electron chi connectivity index (χ2n) is 16.9. The number of hydrogen-bond donors (Lipinski definition) is 12. The van der Waals surface area contributed by atoms with Crippen molar-refractivity contribution in [3.05, 3.63) is 95.6 Å². The number of nitrogens with one attached hydrogen (secondary N) is 7. The summed E-state index contributed by atoms with van der Waals surface area (Å²) in [5.41, 5.74) is 1.74. The number of halogens is 1. The summed E-state index contributed by atoms with van der Waals surface area (Å²) in [6, 6.07) is 21.0. The number of hydrogen-bond acceptors (Lipinski definition) is 15. The fourth-order valence-electron chi connectivity index (χ4n) is 7.60. The van der Waals surface area contributed by atoms with Gasteiger partial charge in [0.2, 0.25) is 41.1 Å². The van der Waals surface area contributed by atoms with Gasteiger partial charge in [-0.25, -0.2) is 14.0 Å². The van der Waals surface area contributed by atoms with Gasteiger partial charge in [0, 0.05) is 25.3 Å². The van der Waals surface area contributed by atoms with Gasteiger partial charge in [-0.05, 0) is 41.2 Å². The molecule has 23 nitrogen and oxygen atoms in total. The molecule has 2 aliphatic rings. The molecule has 0 saturated carbocycles. The molecule has 0 aromatic heterocycles. The predicted molar refractivity (Wildman–Crippen MR) is 245 cm³/mol. The Hall–Kier alpha value is -7.09. The van der Waals surface area contributed by atoms with Crippen LogP contribution in [0.1, 0.15) is 42.4 Å². The number of alkyl halides is 1. The van der Waals surface area contributed by atoms with Gasteiger partial charge in [0.15, 0.2) is 0 Å². The molecule has 71 heavy (non-hydrogen) atoms. The van der Waals surface area contributed by atoms with Crippen LogP contribution in [0.15, 0.2) is 78.9 Å². The number of ether oxygens (including phenoxy) is 3. The maximum Gasteiger partial charge on any atom is 0.407 e. The Morgan fingerprint density at radius 3 is 1.86 bits per heavy atom. The van der Waals surface area contributed by atoms with E-state index in [-0.39, 0.29) is 31.9 Å². The summed E-state index contributed by atoms with van der Waals surface area (Å²) in [6.45, 7) is -3.78. The smallest absolute Gasteiger partial charge is 0.407 e. The lowest BCUT2D eigenvalue weighted by molar-refractivity contribution is -0.227. The molecule has 12 N–H and O–H groups in total. The number of aliphatic hydroxyl groups is 4. The van der Waals surface area contributed by atoms with Crippen molar-refractivity contribution < 1.29 is 82.5 Å². The summed E-state index contributed by atoms with van der Waals surface area (Å²) < 4.78 is 29.7. The van der Waals surface area contributed by atoms with Crippen LogP contribution in [0.3, 0.4) is 0 Å². The van der Waals surface area contributed by atoms with Crippen LogP contribution in [0, 0.1) is 0 Å². The van der Waals surface area contributed by atoms with Crippen molar-refractivity contribution in [2.45, 2.75) is 80.4 Å². The van der Waals surface area contributed by atoms with Gasteiger partial charge in [-0.2, -0.15) is 0 Å². The van der Waals surface area contributed by atoms with E-state index >= 15 is 0 Å². The van der Waals surface area contributed by atoms with Gasteiger partial charge in [-0.1, -0.05) is 78.9 Å². The highest BCUT2D eigenvalue weighted by Gasteiger charge is 2.43. The standard InChI is InChI=1S/C47H58FN7O16/c1-47(48,45(66)67)24-69-25-53-38(59)20-52-44(65)33(17-26-9-3-2-4-10-26)54-39(60)21-50-37(58)19-51-43(64)32(15-16-36(57)49-18-34-40(61)42(63)41(62)35(22-56)71-34)55-46(68)70-23-31-29-13-7-5-11-27(29)28-12-6-8-14-30(28)31/h2-14,31-35,40-42,56,61-63H,15-25H2,1H3,(H,49,57)(H,50,58)(H,51,64)(H,52,65)(H,53,59)(H,54,60)(H,55,68)(H,66,67)/t32-,33-,34-,35+,40-,41+,42+,47?/m0/s1. The van der Waals surface area contributed by atoms with Gasteiger partial charge in [-0.15, -0.1) is 0 Å². The Morgan fingerprint density at radius 2 is 1.24 bits per heavy atom. The monoisotopic (exact) mass is 995 g/mol. The molecule has 3 aromatic rings. The average molecular weight is 996 g/mol. The first-order valence-corrected chi connectivity index (χ1v) is 22.5. The Morgan fingerprint density at radius 1 is 0.676 bits per heavy atom. The molecule has 384 valence electrons. The first kappa shape index (κ1) is 54.8. The minimum absolute atomic E-state index is 0.0404. The Labute approximate surface area is 406 Å². The van der Waals surface area contributed by atoms with E-state index in [9.17, 15) is 63.2 Å². The van der Waals surface area contributed by atoms with Gasteiger partial charge in [-0.3, -0.25) is 28.8 Å². The van der Waals surface area contributed by atoms with Gasteiger partial charge in [0.05, 0.1) is 32.8 Å². The van der Waals surface area contributed by atoms with Crippen molar-refractivity contribution in [3.8, 4) is 11.1 Å². The number of benzene rings is 3. The molecule has 7 amide bonds. The molecule has 1 fully saturated rings. The van der Waals surface area contributed by atoms with Crippen molar-refractivity contribution in [1.82, 2.24) is 37.2 Å².